The van der Waals surface area contributed by atoms with Crippen LogP contribution in [0.4, 0.5) is 16.2 Å². The molecule has 7 nitrogen and oxygen atoms in total. The minimum Gasteiger partial charge on any atom is -0.490 e. The first kappa shape index (κ1) is 30.5. The van der Waals surface area contributed by atoms with E-state index in [0.717, 1.165) is 82.9 Å². The largest absolute Gasteiger partial charge is 0.490 e. The Labute approximate surface area is 256 Å². The Balaban J connectivity index is 1.01. The minimum absolute atomic E-state index is 0.171. The van der Waals surface area contributed by atoms with Crippen molar-refractivity contribution in [3.05, 3.63) is 64.5 Å². The van der Waals surface area contributed by atoms with Crippen molar-refractivity contribution in [1.29, 1.82) is 0 Å². The van der Waals surface area contributed by atoms with Gasteiger partial charge >= 0.3 is 6.09 Å². The maximum absolute atomic E-state index is 12.4. The lowest BCUT2D eigenvalue weighted by Gasteiger charge is -2.38. The first-order chi connectivity index (χ1) is 20.2. The fraction of sp³-hybridized carbons (Fsp3) is 0.588. The molecule has 42 heavy (non-hydrogen) atoms. The topological polar surface area (TPSA) is 49.6 Å². The van der Waals surface area contributed by atoms with E-state index in [2.05, 4.69) is 38.9 Å². The number of hydrogen-bond donors (Lipinski definition) is 0. The predicted octanol–water partition coefficient (Wildman–Crippen LogP) is 7.77. The highest BCUT2D eigenvalue weighted by Crippen LogP contribution is 2.33. The molecule has 0 atom stereocenters. The molecular formula is C34H45ClN4O3. The van der Waals surface area contributed by atoms with E-state index in [4.69, 9.17) is 27.6 Å². The van der Waals surface area contributed by atoms with Crippen molar-refractivity contribution in [2.45, 2.75) is 76.9 Å². The number of piperidine rings is 3. The summed E-state index contributed by atoms with van der Waals surface area (Å²) in [6, 6.07) is 14.5. The first-order valence-electron chi connectivity index (χ1n) is 15.6. The maximum Gasteiger partial charge on any atom is 0.410 e. The van der Waals surface area contributed by atoms with E-state index in [-0.39, 0.29) is 12.2 Å². The van der Waals surface area contributed by atoms with Crippen LogP contribution in [-0.4, -0.2) is 73.4 Å². The fourth-order valence-electron chi connectivity index (χ4n) is 6.46. The second-order valence-electron chi connectivity index (χ2n) is 13.1. The Bertz CT molecular complexity index is 1230. The molecule has 3 saturated heterocycles. The van der Waals surface area contributed by atoms with E-state index in [9.17, 15) is 4.79 Å². The molecule has 0 spiro atoms. The molecule has 8 heteroatoms. The van der Waals surface area contributed by atoms with Crippen LogP contribution in [0.25, 0.3) is 4.85 Å². The van der Waals surface area contributed by atoms with Gasteiger partial charge in [0.05, 0.1) is 6.57 Å². The molecule has 0 radical (unpaired) electrons. The lowest BCUT2D eigenvalue weighted by molar-refractivity contribution is 0.0166. The van der Waals surface area contributed by atoms with E-state index in [0.29, 0.717) is 22.5 Å². The third-order valence-electron chi connectivity index (χ3n) is 8.88. The summed E-state index contributed by atoms with van der Waals surface area (Å²) in [6.45, 7) is 19.8. The highest BCUT2D eigenvalue weighted by atomic mass is 35.5. The number of halogens is 1. The van der Waals surface area contributed by atoms with Crippen LogP contribution in [0.3, 0.4) is 0 Å². The van der Waals surface area contributed by atoms with Gasteiger partial charge in [-0.05, 0) is 101 Å². The standard InChI is InChI=1S/C34H45ClN4O3/c1-34(2,3)42-33(40)39-19-11-25(12-20-39)24-37-17-13-27(14-18-37)26-5-8-29(9-6-26)41-30-15-21-38(22-16-30)28-7-10-32(36-4)31(35)23-28/h5-10,23,25,27,30H,11-22,24H2,1-3H3. The van der Waals surface area contributed by atoms with Crippen LogP contribution in [0.15, 0.2) is 42.5 Å². The summed E-state index contributed by atoms with van der Waals surface area (Å²) >= 11 is 6.25. The number of ether oxygens (including phenoxy) is 2. The Hall–Kier alpha value is -2.95. The third-order valence-corrected chi connectivity index (χ3v) is 9.19. The van der Waals surface area contributed by atoms with Crippen LogP contribution in [0.5, 0.6) is 5.75 Å². The van der Waals surface area contributed by atoms with Gasteiger partial charge in [0, 0.05) is 56.3 Å². The number of nitrogens with zero attached hydrogens (tertiary/aromatic N) is 4. The zero-order chi connectivity index (χ0) is 29.7. The molecule has 3 aliphatic heterocycles. The molecule has 3 heterocycles. The molecule has 226 valence electrons. The molecule has 1 amide bonds. The summed E-state index contributed by atoms with van der Waals surface area (Å²) < 4.78 is 11.9. The van der Waals surface area contributed by atoms with Crippen molar-refractivity contribution in [2.75, 3.05) is 50.7 Å². The van der Waals surface area contributed by atoms with Gasteiger partial charge in [-0.2, -0.15) is 0 Å². The molecule has 0 bridgehead atoms. The van der Waals surface area contributed by atoms with Gasteiger partial charge < -0.3 is 24.2 Å². The second-order valence-corrected chi connectivity index (χ2v) is 13.5. The van der Waals surface area contributed by atoms with Crippen molar-refractivity contribution >= 4 is 29.1 Å². The van der Waals surface area contributed by atoms with Crippen molar-refractivity contribution in [3.8, 4) is 5.75 Å². The van der Waals surface area contributed by atoms with Crippen LogP contribution in [0, 0.1) is 12.5 Å². The predicted molar refractivity (Wildman–Crippen MR) is 169 cm³/mol. The number of anilines is 1. The number of carbonyl (C=O) groups is 1. The van der Waals surface area contributed by atoms with Crippen LogP contribution >= 0.6 is 11.6 Å². The van der Waals surface area contributed by atoms with Crippen LogP contribution in [-0.2, 0) is 4.74 Å². The third kappa shape index (κ3) is 8.11. The minimum atomic E-state index is -0.436. The molecule has 3 fully saturated rings. The van der Waals surface area contributed by atoms with Gasteiger partial charge in [0.25, 0.3) is 0 Å². The van der Waals surface area contributed by atoms with Crippen molar-refractivity contribution in [3.63, 3.8) is 0 Å². The normalized spacial score (nSPS) is 19.9. The average Bonchev–Trinajstić information content (AvgIpc) is 2.98. The van der Waals surface area contributed by atoms with Gasteiger partial charge in [0.1, 0.15) is 17.5 Å². The molecule has 5 rings (SSSR count). The van der Waals surface area contributed by atoms with E-state index in [1.807, 2.05) is 37.8 Å². The summed E-state index contributed by atoms with van der Waals surface area (Å²) in [5, 5.41) is 0.518. The molecule has 0 saturated carbocycles. The van der Waals surface area contributed by atoms with Crippen molar-refractivity contribution in [1.82, 2.24) is 9.80 Å². The van der Waals surface area contributed by atoms with Gasteiger partial charge in [0.15, 0.2) is 0 Å². The number of amides is 1. The molecule has 3 aliphatic rings. The lowest BCUT2D eigenvalue weighted by atomic mass is 9.88. The zero-order valence-electron chi connectivity index (χ0n) is 25.4. The number of carbonyl (C=O) groups excluding carboxylic acids is 1. The van der Waals surface area contributed by atoms with Gasteiger partial charge in [0.2, 0.25) is 5.69 Å². The Kier molecular flexibility index (Phi) is 9.85. The van der Waals surface area contributed by atoms with Crippen LogP contribution in [0.1, 0.15) is 70.8 Å². The van der Waals surface area contributed by atoms with Crippen molar-refractivity contribution < 1.29 is 14.3 Å². The smallest absolute Gasteiger partial charge is 0.410 e. The Morgan fingerprint density at radius 1 is 0.929 bits per heavy atom. The molecule has 0 aliphatic carbocycles. The highest BCUT2D eigenvalue weighted by molar-refractivity contribution is 6.33. The number of rotatable bonds is 6. The summed E-state index contributed by atoms with van der Waals surface area (Å²) in [5.74, 6) is 2.22. The van der Waals surface area contributed by atoms with E-state index < -0.39 is 5.60 Å². The maximum atomic E-state index is 12.4. The second kappa shape index (κ2) is 13.6. The van der Waals surface area contributed by atoms with Gasteiger partial charge in [-0.25, -0.2) is 9.64 Å². The summed E-state index contributed by atoms with van der Waals surface area (Å²) in [7, 11) is 0. The highest BCUT2D eigenvalue weighted by Gasteiger charge is 2.29. The van der Waals surface area contributed by atoms with Crippen molar-refractivity contribution in [2.24, 2.45) is 5.92 Å². The molecule has 0 unspecified atom stereocenters. The molecule has 2 aromatic rings. The first-order valence-corrected chi connectivity index (χ1v) is 15.9. The monoisotopic (exact) mass is 592 g/mol. The molecular weight excluding hydrogens is 548 g/mol. The van der Waals surface area contributed by atoms with E-state index >= 15 is 0 Å². The number of hydrogen-bond acceptors (Lipinski definition) is 5. The quantitative estimate of drug-likeness (QED) is 0.321. The van der Waals surface area contributed by atoms with E-state index in [1.54, 1.807) is 6.07 Å². The summed E-state index contributed by atoms with van der Waals surface area (Å²) in [6.07, 6.45) is 6.46. The van der Waals surface area contributed by atoms with Gasteiger partial charge in [-0.1, -0.05) is 29.8 Å². The van der Waals surface area contributed by atoms with Crippen LogP contribution < -0.4 is 9.64 Å². The Morgan fingerprint density at radius 3 is 2.19 bits per heavy atom. The lowest BCUT2D eigenvalue weighted by Crippen LogP contribution is -2.44. The zero-order valence-corrected chi connectivity index (χ0v) is 26.1. The average molecular weight is 593 g/mol. The molecule has 0 aromatic heterocycles. The van der Waals surface area contributed by atoms with E-state index in [1.165, 1.54) is 18.4 Å². The van der Waals surface area contributed by atoms with Gasteiger partial charge in [-0.15, -0.1) is 0 Å². The molecule has 2 aromatic carbocycles. The SMILES string of the molecule is [C-]#[N+]c1ccc(N2CCC(Oc3ccc(C4CCN(CC5CCN(C(=O)OC(C)(C)C)CC5)CC4)cc3)CC2)cc1Cl. The van der Waals surface area contributed by atoms with Crippen LogP contribution in [0.2, 0.25) is 5.02 Å². The number of benzene rings is 2. The molecule has 0 N–H and O–H groups in total. The fourth-order valence-corrected chi connectivity index (χ4v) is 6.68. The summed E-state index contributed by atoms with van der Waals surface area (Å²) in [5.41, 5.74) is 2.56. The van der Waals surface area contributed by atoms with Gasteiger partial charge in [-0.3, -0.25) is 0 Å². The summed E-state index contributed by atoms with van der Waals surface area (Å²) in [4.78, 5) is 22.6. The number of likely N-dealkylation sites (tertiary alicyclic amines) is 2. The Morgan fingerprint density at radius 2 is 1.60 bits per heavy atom.